The van der Waals surface area contributed by atoms with Crippen LogP contribution >= 0.6 is 24.0 Å². The van der Waals surface area contributed by atoms with E-state index in [1.807, 2.05) is 0 Å². The summed E-state index contributed by atoms with van der Waals surface area (Å²) in [5.41, 5.74) is 0.721. The lowest BCUT2D eigenvalue weighted by Crippen LogP contribution is -2.48. The number of halogens is 2. The molecule has 0 aliphatic carbocycles. The maximum atomic E-state index is 13.2. The molecule has 1 aromatic carbocycles. The van der Waals surface area contributed by atoms with Crippen LogP contribution in [-0.2, 0) is 16.6 Å². The fourth-order valence-corrected chi connectivity index (χ4v) is 4.88. The van der Waals surface area contributed by atoms with Gasteiger partial charge < -0.3 is 15.4 Å². The number of sulfonamides is 1. The molecule has 0 radical (unpaired) electrons. The largest absolute Gasteiger partial charge is 0.410 e. The molecule has 27 heavy (non-hydrogen) atoms. The quantitative estimate of drug-likeness (QED) is 0.569. The van der Waals surface area contributed by atoms with Gasteiger partial charge in [0.15, 0.2) is 0 Å². The number of nitro groups is 1. The third-order valence-electron chi connectivity index (χ3n) is 4.22. The van der Waals surface area contributed by atoms with Gasteiger partial charge in [0, 0.05) is 24.7 Å². The van der Waals surface area contributed by atoms with Gasteiger partial charge in [-0.25, -0.2) is 8.42 Å². The number of benzene rings is 1. The summed E-state index contributed by atoms with van der Waals surface area (Å²) in [6.07, 6.45) is 1.21. The molecule has 1 atom stereocenters. The van der Waals surface area contributed by atoms with Crippen LogP contribution in [0.1, 0.15) is 18.5 Å². The molecule has 0 spiro atoms. The van der Waals surface area contributed by atoms with Gasteiger partial charge in [0.25, 0.3) is 10.0 Å². The predicted molar refractivity (Wildman–Crippen MR) is 103 cm³/mol. The molecule has 1 aliphatic heterocycles. The number of hydrogen-bond acceptors (Lipinski definition) is 6. The second-order valence-electron chi connectivity index (χ2n) is 5.82. The fraction of sp³-hybridized carbons (Fsp3) is 0.400. The maximum Gasteiger partial charge on any atom is 0.410 e. The minimum Gasteiger partial charge on any atom is -0.358 e. The Morgan fingerprint density at radius 2 is 2.19 bits per heavy atom. The van der Waals surface area contributed by atoms with E-state index in [1.165, 1.54) is 15.2 Å². The summed E-state index contributed by atoms with van der Waals surface area (Å²) in [6.45, 7) is 3.08. The van der Waals surface area contributed by atoms with Gasteiger partial charge in [-0.15, -0.1) is 12.4 Å². The second kappa shape index (κ2) is 8.53. The van der Waals surface area contributed by atoms with Crippen LogP contribution in [0.2, 0.25) is 5.02 Å². The van der Waals surface area contributed by atoms with Crippen molar-refractivity contribution in [3.8, 4) is 0 Å². The molecule has 12 heteroatoms. The number of nitrogens with one attached hydrogen (secondary N) is 1. The average molecular weight is 436 g/mol. The van der Waals surface area contributed by atoms with E-state index in [-0.39, 0.29) is 19.0 Å². The summed E-state index contributed by atoms with van der Waals surface area (Å²) >= 11 is 6.04. The van der Waals surface area contributed by atoms with Crippen molar-refractivity contribution in [2.75, 3.05) is 19.6 Å². The van der Waals surface area contributed by atoms with Crippen molar-refractivity contribution in [2.24, 2.45) is 0 Å². The molecule has 1 fully saturated rings. The molecular formula is C15H19Cl2N5O4S. The minimum atomic E-state index is -4.11. The summed E-state index contributed by atoms with van der Waals surface area (Å²) in [6, 6.07) is 6.42. The first kappa shape index (κ1) is 21.6. The zero-order valence-corrected chi connectivity index (χ0v) is 16.8. The maximum absolute atomic E-state index is 13.2. The van der Waals surface area contributed by atoms with Crippen LogP contribution in [0.3, 0.4) is 0 Å². The third kappa shape index (κ3) is 4.25. The van der Waals surface area contributed by atoms with Gasteiger partial charge in [-0.3, -0.25) is 0 Å². The molecule has 1 N–H and O–H groups in total. The zero-order chi connectivity index (χ0) is 18.9. The summed E-state index contributed by atoms with van der Waals surface area (Å²) in [5, 5.41) is 18.7. The number of rotatable bonds is 5. The van der Waals surface area contributed by atoms with Crippen molar-refractivity contribution in [1.82, 2.24) is 19.4 Å². The number of aryl methyl sites for hydroxylation is 1. The molecule has 0 saturated carbocycles. The van der Waals surface area contributed by atoms with E-state index in [1.54, 1.807) is 31.2 Å². The van der Waals surface area contributed by atoms with Crippen molar-refractivity contribution in [1.29, 1.82) is 0 Å². The molecule has 1 saturated heterocycles. The first-order chi connectivity index (χ1) is 12.3. The molecule has 148 valence electrons. The van der Waals surface area contributed by atoms with Crippen LogP contribution in [0.5, 0.6) is 0 Å². The standard InChI is InChI=1S/C15H18ClN5O4S.ClH/c1-2-19-10-14(15(18-19)21(22)23)26(24,25)20-7-6-17-9-13(20)11-4-3-5-12(16)8-11;/h3-5,8,10,13,17H,2,6-7,9H2,1H3;1H. The lowest BCUT2D eigenvalue weighted by Gasteiger charge is -2.35. The van der Waals surface area contributed by atoms with Crippen LogP contribution in [0.25, 0.3) is 0 Å². The van der Waals surface area contributed by atoms with Crippen LogP contribution < -0.4 is 5.32 Å². The monoisotopic (exact) mass is 435 g/mol. The van der Waals surface area contributed by atoms with E-state index in [0.29, 0.717) is 24.7 Å². The molecule has 9 nitrogen and oxygen atoms in total. The highest BCUT2D eigenvalue weighted by Crippen LogP contribution is 2.33. The highest BCUT2D eigenvalue weighted by Gasteiger charge is 2.40. The highest BCUT2D eigenvalue weighted by atomic mass is 35.5. The predicted octanol–water partition coefficient (Wildman–Crippen LogP) is 2.22. The van der Waals surface area contributed by atoms with Gasteiger partial charge in [-0.1, -0.05) is 23.7 Å². The number of nitrogens with zero attached hydrogens (tertiary/aromatic N) is 4. The summed E-state index contributed by atoms with van der Waals surface area (Å²) in [7, 11) is -4.11. The Kier molecular flexibility index (Phi) is 6.82. The Labute approximate surface area is 167 Å². The Bertz CT molecular complexity index is 934. The SMILES string of the molecule is CCn1cc(S(=O)(=O)N2CCNCC2c2cccc(Cl)c2)c([N+](=O)[O-])n1.Cl. The molecule has 2 heterocycles. The Morgan fingerprint density at radius 1 is 1.44 bits per heavy atom. The number of aromatic nitrogens is 2. The van der Waals surface area contributed by atoms with E-state index < -0.39 is 31.7 Å². The van der Waals surface area contributed by atoms with Crippen molar-refractivity contribution < 1.29 is 13.3 Å². The van der Waals surface area contributed by atoms with Crippen molar-refractivity contribution in [3.63, 3.8) is 0 Å². The Hall–Kier alpha value is -1.72. The average Bonchev–Trinajstić information content (AvgIpc) is 3.07. The van der Waals surface area contributed by atoms with E-state index in [9.17, 15) is 18.5 Å². The smallest absolute Gasteiger partial charge is 0.358 e. The topological polar surface area (TPSA) is 110 Å². The van der Waals surface area contributed by atoms with Gasteiger partial charge in [0.05, 0.1) is 23.9 Å². The lowest BCUT2D eigenvalue weighted by molar-refractivity contribution is -0.392. The summed E-state index contributed by atoms with van der Waals surface area (Å²) < 4.78 is 29.0. The summed E-state index contributed by atoms with van der Waals surface area (Å²) in [4.78, 5) is 10.1. The molecule has 1 aromatic heterocycles. The fourth-order valence-electron chi connectivity index (χ4n) is 2.96. The second-order valence-corrected chi connectivity index (χ2v) is 8.12. The Balaban J connectivity index is 0.00000261. The molecule has 2 aromatic rings. The third-order valence-corrected chi connectivity index (χ3v) is 6.35. The van der Waals surface area contributed by atoms with Crippen molar-refractivity contribution >= 4 is 39.8 Å². The van der Waals surface area contributed by atoms with Crippen LogP contribution in [0, 0.1) is 10.1 Å². The van der Waals surface area contributed by atoms with E-state index in [4.69, 9.17) is 11.6 Å². The first-order valence-corrected chi connectivity index (χ1v) is 9.86. The molecule has 1 unspecified atom stereocenters. The first-order valence-electron chi connectivity index (χ1n) is 8.04. The normalized spacial score (nSPS) is 18.1. The Morgan fingerprint density at radius 3 is 2.81 bits per heavy atom. The molecule has 0 amide bonds. The number of piperazine rings is 1. The highest BCUT2D eigenvalue weighted by molar-refractivity contribution is 7.89. The van der Waals surface area contributed by atoms with E-state index in [2.05, 4.69) is 10.4 Å². The van der Waals surface area contributed by atoms with Crippen molar-refractivity contribution in [2.45, 2.75) is 24.4 Å². The van der Waals surface area contributed by atoms with Gasteiger partial charge >= 0.3 is 5.82 Å². The van der Waals surface area contributed by atoms with Gasteiger partial charge in [0.1, 0.15) is 0 Å². The molecule has 3 rings (SSSR count). The number of hydrogen-bond donors (Lipinski definition) is 1. The van der Waals surface area contributed by atoms with Crippen LogP contribution in [0.4, 0.5) is 5.82 Å². The van der Waals surface area contributed by atoms with Crippen LogP contribution in [0.15, 0.2) is 35.4 Å². The molecule has 0 bridgehead atoms. The minimum absolute atomic E-state index is 0. The van der Waals surface area contributed by atoms with Crippen molar-refractivity contribution in [3.05, 3.63) is 51.2 Å². The van der Waals surface area contributed by atoms with Crippen LogP contribution in [-0.4, -0.2) is 47.1 Å². The van der Waals surface area contributed by atoms with Gasteiger partial charge in [-0.2, -0.15) is 8.99 Å². The van der Waals surface area contributed by atoms with E-state index in [0.717, 1.165) is 5.56 Å². The lowest BCUT2D eigenvalue weighted by atomic mass is 10.1. The van der Waals surface area contributed by atoms with E-state index >= 15 is 0 Å². The van der Waals surface area contributed by atoms with Gasteiger partial charge in [0.2, 0.25) is 4.90 Å². The molecule has 1 aliphatic rings. The zero-order valence-electron chi connectivity index (χ0n) is 14.4. The summed E-state index contributed by atoms with van der Waals surface area (Å²) in [5.74, 6) is -0.657. The van der Waals surface area contributed by atoms with Gasteiger partial charge in [-0.05, 0) is 29.5 Å². The molecular weight excluding hydrogens is 417 g/mol.